The molecule has 0 aromatic carbocycles. The van der Waals surface area contributed by atoms with Gasteiger partial charge in [0.2, 0.25) is 0 Å². The normalized spacial score (nSPS) is 23.0. The second-order valence-electron chi connectivity index (χ2n) is 3.47. The van der Waals surface area contributed by atoms with Crippen LogP contribution in [0.25, 0.3) is 0 Å². The van der Waals surface area contributed by atoms with E-state index in [9.17, 15) is 0 Å². The van der Waals surface area contributed by atoms with E-state index < -0.39 is 0 Å². The molecule has 0 aromatic rings. The van der Waals surface area contributed by atoms with Gasteiger partial charge in [0.15, 0.2) is 0 Å². The number of hydrogen-bond acceptors (Lipinski definition) is 2. The molecule has 0 aliphatic carbocycles. The van der Waals surface area contributed by atoms with Gasteiger partial charge in [-0.1, -0.05) is 22.5 Å². The van der Waals surface area contributed by atoms with Crippen LogP contribution in [0, 0.1) is 0 Å². The van der Waals surface area contributed by atoms with E-state index >= 15 is 0 Å². The van der Waals surface area contributed by atoms with Crippen LogP contribution in [0.4, 0.5) is 0 Å². The first kappa shape index (κ1) is 11.2. The van der Waals surface area contributed by atoms with Gasteiger partial charge in [-0.05, 0) is 32.2 Å². The van der Waals surface area contributed by atoms with Crippen LogP contribution in [0.15, 0.2) is 11.1 Å². The van der Waals surface area contributed by atoms with Gasteiger partial charge in [0.25, 0.3) is 0 Å². The summed E-state index contributed by atoms with van der Waals surface area (Å²) in [4.78, 5) is 0. The lowest BCUT2D eigenvalue weighted by Gasteiger charge is -2.22. The predicted octanol–water partition coefficient (Wildman–Crippen LogP) is 2.44. The monoisotopic (exact) mass is 247 g/mol. The summed E-state index contributed by atoms with van der Waals surface area (Å²) in [6.45, 7) is 6.59. The maximum atomic E-state index is 5.61. The van der Waals surface area contributed by atoms with Gasteiger partial charge < -0.3 is 10.1 Å². The Morgan fingerprint density at radius 2 is 2.38 bits per heavy atom. The molecule has 0 saturated carbocycles. The molecule has 1 aliphatic heterocycles. The Balaban J connectivity index is 1.95. The van der Waals surface area contributed by atoms with Crippen molar-refractivity contribution < 1.29 is 4.74 Å². The lowest BCUT2D eigenvalue weighted by atomic mass is 10.1. The third kappa shape index (κ3) is 5.45. The molecule has 1 heterocycles. The molecule has 1 rings (SSSR count). The highest BCUT2D eigenvalue weighted by Gasteiger charge is 2.12. The third-order valence-electron chi connectivity index (χ3n) is 2.23. The zero-order valence-corrected chi connectivity index (χ0v) is 9.61. The Kier molecular flexibility index (Phi) is 5.67. The number of hydrogen-bond donors (Lipinski definition) is 1. The Labute approximate surface area is 88.9 Å². The molecule has 3 heteroatoms. The van der Waals surface area contributed by atoms with Crippen LogP contribution < -0.4 is 5.32 Å². The average molecular weight is 248 g/mol. The quantitative estimate of drug-likeness (QED) is 0.754. The Bertz CT molecular complexity index is 155. The number of halogens is 1. The first-order valence-corrected chi connectivity index (χ1v) is 5.74. The van der Waals surface area contributed by atoms with Crippen molar-refractivity contribution in [2.24, 2.45) is 0 Å². The molecule has 0 bridgehead atoms. The summed E-state index contributed by atoms with van der Waals surface area (Å²) in [6, 6.07) is 0. The molecule has 0 aromatic heterocycles. The van der Waals surface area contributed by atoms with Crippen molar-refractivity contribution in [2.45, 2.75) is 31.8 Å². The predicted molar refractivity (Wildman–Crippen MR) is 59.1 cm³/mol. The summed E-state index contributed by atoms with van der Waals surface area (Å²) in [5.74, 6) is 0. The molecule has 1 atom stereocenters. The van der Waals surface area contributed by atoms with Gasteiger partial charge in [-0.15, -0.1) is 0 Å². The minimum absolute atomic E-state index is 0.491. The van der Waals surface area contributed by atoms with Crippen LogP contribution in [-0.4, -0.2) is 25.8 Å². The first-order valence-electron chi connectivity index (χ1n) is 4.94. The highest BCUT2D eigenvalue weighted by atomic mass is 79.9. The van der Waals surface area contributed by atoms with E-state index in [0.29, 0.717) is 6.10 Å². The fourth-order valence-corrected chi connectivity index (χ4v) is 1.72. The molecular weight excluding hydrogens is 230 g/mol. The van der Waals surface area contributed by atoms with Crippen molar-refractivity contribution in [3.63, 3.8) is 0 Å². The molecular formula is C10H18BrNO. The van der Waals surface area contributed by atoms with Crippen molar-refractivity contribution in [1.29, 1.82) is 0 Å². The summed E-state index contributed by atoms with van der Waals surface area (Å²) in [6.07, 6.45) is 5.42. The molecule has 0 radical (unpaired) electrons. The molecule has 76 valence electrons. The van der Waals surface area contributed by atoms with Gasteiger partial charge in [0, 0.05) is 17.6 Å². The second kappa shape index (κ2) is 6.57. The number of nitrogens with one attached hydrogen (secondary N) is 1. The second-order valence-corrected chi connectivity index (χ2v) is 4.59. The van der Waals surface area contributed by atoms with E-state index in [4.69, 9.17) is 4.74 Å². The maximum absolute atomic E-state index is 5.61. The Morgan fingerprint density at radius 1 is 1.54 bits per heavy atom. The lowest BCUT2D eigenvalue weighted by Crippen LogP contribution is -2.25. The van der Waals surface area contributed by atoms with Crippen LogP contribution in [0.3, 0.4) is 0 Å². The zero-order chi connectivity index (χ0) is 9.52. The molecule has 1 aliphatic rings. The topological polar surface area (TPSA) is 21.3 Å². The van der Waals surface area contributed by atoms with Gasteiger partial charge in [0.1, 0.15) is 0 Å². The molecule has 13 heavy (non-hydrogen) atoms. The van der Waals surface area contributed by atoms with Crippen LogP contribution in [-0.2, 0) is 4.74 Å². The van der Waals surface area contributed by atoms with E-state index in [-0.39, 0.29) is 0 Å². The molecule has 1 N–H and O–H groups in total. The van der Waals surface area contributed by atoms with Crippen LogP contribution in [0.5, 0.6) is 0 Å². The van der Waals surface area contributed by atoms with Crippen molar-refractivity contribution >= 4 is 15.9 Å². The summed E-state index contributed by atoms with van der Waals surface area (Å²) in [5.41, 5.74) is 0. The number of ether oxygens (including phenoxy) is 1. The minimum Gasteiger partial charge on any atom is -0.378 e. The summed E-state index contributed by atoms with van der Waals surface area (Å²) >= 11 is 3.31. The fourth-order valence-electron chi connectivity index (χ4n) is 1.52. The van der Waals surface area contributed by atoms with Crippen molar-refractivity contribution in [1.82, 2.24) is 5.32 Å². The van der Waals surface area contributed by atoms with Gasteiger partial charge in [-0.2, -0.15) is 0 Å². The SMILES string of the molecule is C=C(Br)CNCCC1CCCCO1. The first-order chi connectivity index (χ1) is 6.29. The maximum Gasteiger partial charge on any atom is 0.0587 e. The van der Waals surface area contributed by atoms with Crippen LogP contribution >= 0.6 is 15.9 Å². The largest absolute Gasteiger partial charge is 0.378 e. The van der Waals surface area contributed by atoms with Crippen molar-refractivity contribution in [3.05, 3.63) is 11.1 Å². The molecule has 1 fully saturated rings. The van der Waals surface area contributed by atoms with E-state index in [1.165, 1.54) is 19.3 Å². The molecule has 0 spiro atoms. The molecule has 1 saturated heterocycles. The van der Waals surface area contributed by atoms with E-state index in [1.54, 1.807) is 0 Å². The number of rotatable bonds is 5. The summed E-state index contributed by atoms with van der Waals surface area (Å²) in [7, 11) is 0. The summed E-state index contributed by atoms with van der Waals surface area (Å²) in [5, 5.41) is 3.31. The van der Waals surface area contributed by atoms with E-state index in [2.05, 4.69) is 27.8 Å². The lowest BCUT2D eigenvalue weighted by molar-refractivity contribution is 0.0117. The van der Waals surface area contributed by atoms with Crippen molar-refractivity contribution in [3.8, 4) is 0 Å². The molecule has 0 amide bonds. The van der Waals surface area contributed by atoms with E-state index in [0.717, 1.165) is 30.6 Å². The molecule has 1 unspecified atom stereocenters. The zero-order valence-electron chi connectivity index (χ0n) is 8.02. The third-order valence-corrected chi connectivity index (χ3v) is 2.51. The minimum atomic E-state index is 0.491. The Hall–Kier alpha value is 0.140. The highest BCUT2D eigenvalue weighted by Crippen LogP contribution is 2.14. The smallest absolute Gasteiger partial charge is 0.0587 e. The van der Waals surface area contributed by atoms with Gasteiger partial charge in [-0.3, -0.25) is 0 Å². The highest BCUT2D eigenvalue weighted by molar-refractivity contribution is 9.11. The molecule has 2 nitrogen and oxygen atoms in total. The van der Waals surface area contributed by atoms with Crippen LogP contribution in [0.2, 0.25) is 0 Å². The van der Waals surface area contributed by atoms with Crippen LogP contribution in [0.1, 0.15) is 25.7 Å². The Morgan fingerprint density at radius 3 is 3.00 bits per heavy atom. The van der Waals surface area contributed by atoms with Crippen molar-refractivity contribution in [2.75, 3.05) is 19.7 Å². The average Bonchev–Trinajstić information content (AvgIpc) is 2.14. The fraction of sp³-hybridized carbons (Fsp3) is 0.800. The van der Waals surface area contributed by atoms with Gasteiger partial charge >= 0.3 is 0 Å². The van der Waals surface area contributed by atoms with Gasteiger partial charge in [-0.25, -0.2) is 0 Å². The van der Waals surface area contributed by atoms with E-state index in [1.807, 2.05) is 0 Å². The standard InChI is InChI=1S/C10H18BrNO/c1-9(11)8-12-6-5-10-4-2-3-7-13-10/h10,12H,1-8H2. The summed E-state index contributed by atoms with van der Waals surface area (Å²) < 4.78 is 6.62. The van der Waals surface area contributed by atoms with Gasteiger partial charge in [0.05, 0.1) is 6.10 Å².